The van der Waals surface area contributed by atoms with Crippen LogP contribution in [0.4, 0.5) is 5.69 Å². The smallest absolute Gasteiger partial charge is 0.235 e. The number of nitrogens with one attached hydrogen (secondary N) is 2. The summed E-state index contributed by atoms with van der Waals surface area (Å²) in [5.41, 5.74) is 1.72. The maximum Gasteiger partial charge on any atom is 0.235 e. The van der Waals surface area contributed by atoms with E-state index < -0.39 is 10.0 Å². The fourth-order valence-corrected chi connectivity index (χ4v) is 3.86. The Kier molecular flexibility index (Phi) is 4.47. The molecule has 0 radical (unpaired) electrons. The Morgan fingerprint density at radius 3 is 2.81 bits per heavy atom. The lowest BCUT2D eigenvalue weighted by Crippen LogP contribution is -2.25. The van der Waals surface area contributed by atoms with Gasteiger partial charge in [-0.25, -0.2) is 8.42 Å². The second kappa shape index (κ2) is 6.34. The first-order chi connectivity index (χ1) is 10.1. The van der Waals surface area contributed by atoms with E-state index in [9.17, 15) is 8.42 Å². The number of hydrogen-bond acceptors (Lipinski definition) is 4. The van der Waals surface area contributed by atoms with Crippen LogP contribution in [0.3, 0.4) is 0 Å². The molecular formula is C15H22N2O3S. The molecule has 1 heterocycles. The zero-order chi connectivity index (χ0) is 14.7. The molecule has 1 unspecified atom stereocenters. The van der Waals surface area contributed by atoms with Crippen LogP contribution in [0.1, 0.15) is 31.2 Å². The highest BCUT2D eigenvalue weighted by Gasteiger charge is 2.23. The zero-order valence-corrected chi connectivity index (χ0v) is 12.9. The highest BCUT2D eigenvalue weighted by Crippen LogP contribution is 2.20. The fourth-order valence-electron chi connectivity index (χ4n) is 2.54. The van der Waals surface area contributed by atoms with Crippen LogP contribution in [0, 0.1) is 0 Å². The summed E-state index contributed by atoms with van der Waals surface area (Å²) in [7, 11) is -3.35. The molecule has 5 nitrogen and oxygen atoms in total. The van der Waals surface area contributed by atoms with Crippen molar-refractivity contribution in [2.24, 2.45) is 0 Å². The lowest BCUT2D eigenvalue weighted by molar-refractivity contribution is 0.127. The summed E-state index contributed by atoms with van der Waals surface area (Å²) < 4.78 is 32.3. The lowest BCUT2D eigenvalue weighted by Gasteiger charge is -2.13. The van der Waals surface area contributed by atoms with E-state index >= 15 is 0 Å². The van der Waals surface area contributed by atoms with Gasteiger partial charge in [-0.1, -0.05) is 12.1 Å². The van der Waals surface area contributed by atoms with Gasteiger partial charge in [0.15, 0.2) is 0 Å². The highest BCUT2D eigenvalue weighted by atomic mass is 32.2. The summed E-state index contributed by atoms with van der Waals surface area (Å²) in [5, 5.41) is 3.42. The number of benzene rings is 1. The third-order valence-electron chi connectivity index (χ3n) is 3.80. The van der Waals surface area contributed by atoms with Crippen LogP contribution in [-0.4, -0.2) is 32.9 Å². The Bertz CT molecular complexity index is 578. The van der Waals surface area contributed by atoms with Crippen molar-refractivity contribution < 1.29 is 13.2 Å². The van der Waals surface area contributed by atoms with Crippen molar-refractivity contribution >= 4 is 15.7 Å². The third-order valence-corrected chi connectivity index (χ3v) is 5.16. The van der Waals surface area contributed by atoms with Gasteiger partial charge in [-0.2, -0.15) is 0 Å². The van der Waals surface area contributed by atoms with E-state index in [2.05, 4.69) is 10.0 Å². The van der Waals surface area contributed by atoms with E-state index in [0.717, 1.165) is 24.9 Å². The van der Waals surface area contributed by atoms with E-state index in [-0.39, 0.29) is 11.9 Å². The molecular weight excluding hydrogens is 288 g/mol. The van der Waals surface area contributed by atoms with Crippen molar-refractivity contribution in [2.75, 3.05) is 17.1 Å². The van der Waals surface area contributed by atoms with Crippen LogP contribution in [0.15, 0.2) is 24.3 Å². The molecule has 1 saturated carbocycles. The summed E-state index contributed by atoms with van der Waals surface area (Å²) in [4.78, 5) is 0. The number of sulfonamides is 1. The van der Waals surface area contributed by atoms with Gasteiger partial charge in [-0.3, -0.25) is 4.72 Å². The van der Waals surface area contributed by atoms with Crippen molar-refractivity contribution in [1.29, 1.82) is 0 Å². The molecule has 1 atom stereocenters. The molecule has 2 N–H and O–H groups in total. The second-order valence-corrected chi connectivity index (χ2v) is 7.64. The third kappa shape index (κ3) is 4.69. The SMILES string of the molecule is O=S(=O)(CC1CCCO1)Nc1cccc(CNC2CC2)c1. The molecule has 1 aromatic rings. The van der Waals surface area contributed by atoms with Crippen LogP contribution < -0.4 is 10.0 Å². The predicted octanol–water partition coefficient (Wildman–Crippen LogP) is 1.86. The molecule has 2 aliphatic rings. The van der Waals surface area contributed by atoms with Gasteiger partial charge in [0.25, 0.3) is 0 Å². The minimum Gasteiger partial charge on any atom is -0.377 e. The van der Waals surface area contributed by atoms with Gasteiger partial charge in [0.1, 0.15) is 0 Å². The molecule has 21 heavy (non-hydrogen) atoms. The highest BCUT2D eigenvalue weighted by molar-refractivity contribution is 7.92. The van der Waals surface area contributed by atoms with Crippen molar-refractivity contribution in [3.8, 4) is 0 Å². The lowest BCUT2D eigenvalue weighted by atomic mass is 10.2. The average molecular weight is 310 g/mol. The quantitative estimate of drug-likeness (QED) is 0.806. The van der Waals surface area contributed by atoms with Gasteiger partial charge in [0, 0.05) is 24.9 Å². The molecule has 3 rings (SSSR count). The normalized spacial score (nSPS) is 22.4. The first-order valence-electron chi connectivity index (χ1n) is 7.55. The molecule has 0 amide bonds. The van der Waals surface area contributed by atoms with E-state index in [0.29, 0.717) is 18.3 Å². The number of anilines is 1. The summed E-state index contributed by atoms with van der Waals surface area (Å²) in [6.45, 7) is 1.45. The van der Waals surface area contributed by atoms with Crippen molar-refractivity contribution in [3.63, 3.8) is 0 Å². The van der Waals surface area contributed by atoms with E-state index in [1.807, 2.05) is 18.2 Å². The van der Waals surface area contributed by atoms with E-state index in [1.54, 1.807) is 6.07 Å². The number of rotatable bonds is 7. The molecule has 0 aromatic heterocycles. The van der Waals surface area contributed by atoms with Crippen LogP contribution in [0.5, 0.6) is 0 Å². The summed E-state index contributed by atoms with van der Waals surface area (Å²) in [5.74, 6) is 0.0392. The standard InChI is InChI=1S/C15H22N2O3S/c18-21(19,11-15-5-2-8-20-15)17-14-4-1-3-12(9-14)10-16-13-6-7-13/h1,3-4,9,13,15-17H,2,5-8,10-11H2. The Morgan fingerprint density at radius 1 is 1.24 bits per heavy atom. The Balaban J connectivity index is 1.58. The molecule has 2 fully saturated rings. The van der Waals surface area contributed by atoms with Crippen LogP contribution in [-0.2, 0) is 21.3 Å². The van der Waals surface area contributed by atoms with Crippen molar-refractivity contribution in [2.45, 2.75) is 44.4 Å². The summed E-state index contributed by atoms with van der Waals surface area (Å²) in [6, 6.07) is 8.21. The van der Waals surface area contributed by atoms with E-state index in [4.69, 9.17) is 4.74 Å². The van der Waals surface area contributed by atoms with Gasteiger partial charge in [0.2, 0.25) is 10.0 Å². The van der Waals surface area contributed by atoms with Gasteiger partial charge >= 0.3 is 0 Å². The molecule has 1 saturated heterocycles. The maximum absolute atomic E-state index is 12.1. The monoisotopic (exact) mass is 310 g/mol. The number of hydrogen-bond donors (Lipinski definition) is 2. The molecule has 1 aliphatic carbocycles. The molecule has 1 aromatic carbocycles. The fraction of sp³-hybridized carbons (Fsp3) is 0.600. The molecule has 0 spiro atoms. The van der Waals surface area contributed by atoms with Gasteiger partial charge in [0.05, 0.1) is 11.9 Å². The topological polar surface area (TPSA) is 67.4 Å². The molecule has 116 valence electrons. The van der Waals surface area contributed by atoms with Crippen LogP contribution in [0.25, 0.3) is 0 Å². The van der Waals surface area contributed by atoms with E-state index in [1.165, 1.54) is 12.8 Å². The minimum absolute atomic E-state index is 0.0392. The first kappa shape index (κ1) is 14.8. The number of ether oxygens (including phenoxy) is 1. The van der Waals surface area contributed by atoms with Crippen molar-refractivity contribution in [3.05, 3.63) is 29.8 Å². The molecule has 0 bridgehead atoms. The average Bonchev–Trinajstić information content (AvgIpc) is 3.13. The summed E-state index contributed by atoms with van der Waals surface area (Å²) >= 11 is 0. The first-order valence-corrected chi connectivity index (χ1v) is 9.20. The minimum atomic E-state index is -3.35. The molecule has 6 heteroatoms. The largest absolute Gasteiger partial charge is 0.377 e. The predicted molar refractivity (Wildman–Crippen MR) is 82.7 cm³/mol. The second-order valence-electron chi connectivity index (χ2n) is 5.87. The van der Waals surface area contributed by atoms with Gasteiger partial charge in [-0.15, -0.1) is 0 Å². The maximum atomic E-state index is 12.1. The molecule has 1 aliphatic heterocycles. The van der Waals surface area contributed by atoms with Gasteiger partial charge < -0.3 is 10.1 Å². The summed E-state index contributed by atoms with van der Waals surface area (Å²) in [6.07, 6.45) is 4.10. The Hall–Kier alpha value is -1.11. The Morgan fingerprint density at radius 2 is 2.10 bits per heavy atom. The zero-order valence-electron chi connectivity index (χ0n) is 12.0. The van der Waals surface area contributed by atoms with Gasteiger partial charge in [-0.05, 0) is 43.4 Å². The van der Waals surface area contributed by atoms with Crippen molar-refractivity contribution in [1.82, 2.24) is 5.32 Å². The van der Waals surface area contributed by atoms with Crippen LogP contribution >= 0.6 is 0 Å². The van der Waals surface area contributed by atoms with Crippen LogP contribution in [0.2, 0.25) is 0 Å². The Labute approximate surface area is 126 Å².